The second-order valence-corrected chi connectivity index (χ2v) is 7.31. The number of benzene rings is 2. The molecule has 0 saturated heterocycles. The Labute approximate surface area is 174 Å². The smallest absolute Gasteiger partial charge is 0.354 e. The average Bonchev–Trinajstić information content (AvgIpc) is 3.23. The van der Waals surface area contributed by atoms with Crippen molar-refractivity contribution >= 4 is 28.7 Å². The molecule has 3 aromatic rings. The Morgan fingerprint density at radius 3 is 2.55 bits per heavy atom. The maximum atomic E-state index is 11.3. The van der Waals surface area contributed by atoms with Gasteiger partial charge in [-0.15, -0.1) is 0 Å². The number of hydrogen-bond acceptors (Lipinski definition) is 3. The molecule has 146 valence electrons. The van der Waals surface area contributed by atoms with Crippen molar-refractivity contribution in [1.29, 1.82) is 0 Å². The van der Waals surface area contributed by atoms with Crippen LogP contribution >= 0.6 is 11.6 Å². The SMILES string of the molecule is O=C(O)c1cccc(C2=C(c3ccccc3OCc3ccccc3Cl)CCC2)n1. The molecule has 0 fully saturated rings. The Morgan fingerprint density at radius 1 is 0.966 bits per heavy atom. The summed E-state index contributed by atoms with van der Waals surface area (Å²) >= 11 is 6.26. The van der Waals surface area contributed by atoms with E-state index in [1.807, 2.05) is 54.6 Å². The van der Waals surface area contributed by atoms with E-state index in [4.69, 9.17) is 16.3 Å². The Bertz CT molecular complexity index is 1090. The Morgan fingerprint density at radius 2 is 1.72 bits per heavy atom. The van der Waals surface area contributed by atoms with Crippen LogP contribution in [0.3, 0.4) is 0 Å². The fourth-order valence-electron chi connectivity index (χ4n) is 3.66. The van der Waals surface area contributed by atoms with Gasteiger partial charge >= 0.3 is 5.97 Å². The van der Waals surface area contributed by atoms with E-state index in [1.54, 1.807) is 6.07 Å². The molecule has 1 heterocycles. The standard InChI is InChI=1S/C24H20ClNO3/c25-20-11-3-1-7-16(20)15-29-23-14-4-2-8-19(23)17-9-5-10-18(17)21-12-6-13-22(26-21)24(27)28/h1-4,6-8,11-14H,5,9-10,15H2,(H,27,28). The van der Waals surface area contributed by atoms with Gasteiger partial charge in [0.05, 0.1) is 5.69 Å². The van der Waals surface area contributed by atoms with Gasteiger partial charge in [0.25, 0.3) is 0 Å². The second-order valence-electron chi connectivity index (χ2n) is 6.90. The molecular formula is C24H20ClNO3. The van der Waals surface area contributed by atoms with Gasteiger partial charge in [0, 0.05) is 16.1 Å². The van der Waals surface area contributed by atoms with E-state index in [9.17, 15) is 9.90 Å². The van der Waals surface area contributed by atoms with Crippen LogP contribution in [0.2, 0.25) is 5.02 Å². The van der Waals surface area contributed by atoms with Gasteiger partial charge in [-0.3, -0.25) is 0 Å². The van der Waals surface area contributed by atoms with Gasteiger partial charge in [0.15, 0.2) is 0 Å². The largest absolute Gasteiger partial charge is 0.488 e. The number of allylic oxidation sites excluding steroid dienone is 2. The lowest BCUT2D eigenvalue weighted by atomic mass is 9.99. The molecule has 4 rings (SSSR count). The third-order valence-corrected chi connectivity index (χ3v) is 5.42. The average molecular weight is 406 g/mol. The molecule has 1 aliphatic carbocycles. The summed E-state index contributed by atoms with van der Waals surface area (Å²) in [6.45, 7) is 0.381. The topological polar surface area (TPSA) is 59.4 Å². The zero-order valence-electron chi connectivity index (χ0n) is 15.8. The predicted molar refractivity (Wildman–Crippen MR) is 114 cm³/mol. The number of aromatic nitrogens is 1. The molecule has 0 spiro atoms. The summed E-state index contributed by atoms with van der Waals surface area (Å²) in [5, 5.41) is 9.95. The van der Waals surface area contributed by atoms with Crippen LogP contribution in [0.5, 0.6) is 5.75 Å². The lowest BCUT2D eigenvalue weighted by molar-refractivity contribution is 0.0690. The minimum absolute atomic E-state index is 0.0597. The van der Waals surface area contributed by atoms with Crippen LogP contribution in [0.4, 0.5) is 0 Å². The molecule has 1 aromatic heterocycles. The van der Waals surface area contributed by atoms with Gasteiger partial charge in [0.1, 0.15) is 18.1 Å². The number of rotatable bonds is 6. The molecule has 0 amide bonds. The van der Waals surface area contributed by atoms with Gasteiger partial charge in [-0.05, 0) is 54.7 Å². The van der Waals surface area contributed by atoms with Crippen molar-refractivity contribution in [2.75, 3.05) is 0 Å². The van der Waals surface area contributed by atoms with Crippen LogP contribution in [0.15, 0.2) is 66.7 Å². The molecule has 0 unspecified atom stereocenters. The number of carbonyl (C=O) groups is 1. The first kappa shape index (κ1) is 19.2. The first-order valence-corrected chi connectivity index (χ1v) is 9.89. The summed E-state index contributed by atoms with van der Waals surface area (Å²) in [4.78, 5) is 15.7. The molecule has 0 saturated carbocycles. The van der Waals surface area contributed by atoms with Crippen molar-refractivity contribution in [3.63, 3.8) is 0 Å². The van der Waals surface area contributed by atoms with Gasteiger partial charge < -0.3 is 9.84 Å². The summed E-state index contributed by atoms with van der Waals surface area (Å²) in [6.07, 6.45) is 2.77. The van der Waals surface area contributed by atoms with Gasteiger partial charge in [-0.2, -0.15) is 0 Å². The number of aromatic carboxylic acids is 1. The minimum Gasteiger partial charge on any atom is -0.488 e. The summed E-state index contributed by atoms with van der Waals surface area (Å²) in [6, 6.07) is 20.7. The number of para-hydroxylation sites is 1. The Hall–Kier alpha value is -3.11. The number of ether oxygens (including phenoxy) is 1. The quantitative estimate of drug-likeness (QED) is 0.537. The van der Waals surface area contributed by atoms with Gasteiger partial charge in [-0.25, -0.2) is 9.78 Å². The second kappa shape index (κ2) is 8.50. The summed E-state index contributed by atoms with van der Waals surface area (Å²) in [5.41, 5.74) is 4.98. The Kier molecular flexibility index (Phi) is 5.63. The first-order chi connectivity index (χ1) is 14.1. The number of pyridine rings is 1. The number of halogens is 1. The minimum atomic E-state index is -1.02. The summed E-state index contributed by atoms with van der Waals surface area (Å²) in [5.74, 6) is -0.230. The molecular weight excluding hydrogens is 386 g/mol. The molecule has 5 heteroatoms. The highest BCUT2D eigenvalue weighted by molar-refractivity contribution is 6.31. The number of hydrogen-bond donors (Lipinski definition) is 1. The highest BCUT2D eigenvalue weighted by atomic mass is 35.5. The number of carboxylic acids is 1. The van der Waals surface area contributed by atoms with Crippen LogP contribution in [0.25, 0.3) is 11.1 Å². The van der Waals surface area contributed by atoms with Crippen LogP contribution in [0.1, 0.15) is 46.6 Å². The molecule has 29 heavy (non-hydrogen) atoms. The molecule has 0 atom stereocenters. The summed E-state index contributed by atoms with van der Waals surface area (Å²) in [7, 11) is 0. The van der Waals surface area contributed by atoms with E-state index in [2.05, 4.69) is 4.98 Å². The normalized spacial score (nSPS) is 13.6. The lowest BCUT2D eigenvalue weighted by Crippen LogP contribution is -2.02. The van der Waals surface area contributed by atoms with Gasteiger partial charge in [-0.1, -0.05) is 54.1 Å². The monoisotopic (exact) mass is 405 g/mol. The van der Waals surface area contributed by atoms with E-state index in [0.29, 0.717) is 11.6 Å². The van der Waals surface area contributed by atoms with Crippen molar-refractivity contribution in [3.05, 3.63) is 94.3 Å². The van der Waals surface area contributed by atoms with Crippen molar-refractivity contribution in [2.24, 2.45) is 0 Å². The van der Waals surface area contributed by atoms with Crippen LogP contribution in [-0.2, 0) is 6.61 Å². The maximum Gasteiger partial charge on any atom is 0.354 e. The highest BCUT2D eigenvalue weighted by Gasteiger charge is 2.22. The predicted octanol–water partition coefficient (Wildman–Crippen LogP) is 6.11. The van der Waals surface area contributed by atoms with Crippen molar-refractivity contribution < 1.29 is 14.6 Å². The van der Waals surface area contributed by atoms with Crippen molar-refractivity contribution in [1.82, 2.24) is 4.98 Å². The zero-order valence-corrected chi connectivity index (χ0v) is 16.5. The van der Waals surface area contributed by atoms with E-state index < -0.39 is 5.97 Å². The van der Waals surface area contributed by atoms with E-state index in [-0.39, 0.29) is 5.69 Å². The lowest BCUT2D eigenvalue weighted by Gasteiger charge is -2.15. The van der Waals surface area contributed by atoms with Crippen molar-refractivity contribution in [3.8, 4) is 5.75 Å². The summed E-state index contributed by atoms with van der Waals surface area (Å²) < 4.78 is 6.13. The molecule has 0 aliphatic heterocycles. The van der Waals surface area contributed by atoms with E-state index in [1.165, 1.54) is 6.07 Å². The van der Waals surface area contributed by atoms with Crippen LogP contribution < -0.4 is 4.74 Å². The van der Waals surface area contributed by atoms with E-state index in [0.717, 1.165) is 53.0 Å². The molecule has 4 nitrogen and oxygen atoms in total. The molecule has 2 aromatic carbocycles. The fourth-order valence-corrected chi connectivity index (χ4v) is 3.85. The van der Waals surface area contributed by atoms with Crippen LogP contribution in [0, 0.1) is 0 Å². The Balaban J connectivity index is 1.69. The molecule has 0 bridgehead atoms. The van der Waals surface area contributed by atoms with E-state index >= 15 is 0 Å². The maximum absolute atomic E-state index is 11.3. The van der Waals surface area contributed by atoms with Crippen LogP contribution in [-0.4, -0.2) is 16.1 Å². The van der Waals surface area contributed by atoms with Crippen molar-refractivity contribution in [2.45, 2.75) is 25.9 Å². The highest BCUT2D eigenvalue weighted by Crippen LogP contribution is 2.42. The zero-order chi connectivity index (χ0) is 20.2. The fraction of sp³-hybridized carbons (Fsp3) is 0.167. The molecule has 1 aliphatic rings. The molecule has 1 N–H and O–H groups in total. The number of nitrogens with zero attached hydrogens (tertiary/aromatic N) is 1. The number of carboxylic acid groups (broad SMARTS) is 1. The van der Waals surface area contributed by atoms with Gasteiger partial charge in [0.2, 0.25) is 0 Å². The third-order valence-electron chi connectivity index (χ3n) is 5.05. The molecule has 0 radical (unpaired) electrons. The third kappa shape index (κ3) is 4.17. The first-order valence-electron chi connectivity index (χ1n) is 9.52.